The van der Waals surface area contributed by atoms with Crippen LogP contribution in [0, 0.1) is 6.92 Å². The normalized spacial score (nSPS) is 20.5. The molecular formula is C17H21N3O4. The van der Waals surface area contributed by atoms with Gasteiger partial charge in [0.25, 0.3) is 5.91 Å². The molecule has 7 heteroatoms. The Morgan fingerprint density at radius 1 is 1.38 bits per heavy atom. The summed E-state index contributed by atoms with van der Waals surface area (Å²) in [6.07, 6.45) is 2.40. The Labute approximate surface area is 140 Å². The molecule has 2 aliphatic rings. The van der Waals surface area contributed by atoms with Crippen LogP contribution in [0.15, 0.2) is 18.2 Å². The minimum Gasteiger partial charge on any atom is -0.482 e. The van der Waals surface area contributed by atoms with E-state index in [9.17, 15) is 14.4 Å². The molecule has 7 nitrogen and oxygen atoms in total. The Morgan fingerprint density at radius 2 is 2.21 bits per heavy atom. The van der Waals surface area contributed by atoms with Crippen LogP contribution in [0.1, 0.15) is 24.8 Å². The van der Waals surface area contributed by atoms with E-state index in [0.717, 1.165) is 18.4 Å². The van der Waals surface area contributed by atoms with Gasteiger partial charge in [0.1, 0.15) is 18.3 Å². The third kappa shape index (κ3) is 3.50. The number of carbonyl (C=O) groups excluding carboxylic acids is 3. The highest BCUT2D eigenvalue weighted by Gasteiger charge is 2.29. The van der Waals surface area contributed by atoms with E-state index in [1.54, 1.807) is 6.07 Å². The molecule has 1 unspecified atom stereocenters. The Hall–Kier alpha value is -2.57. The molecule has 0 saturated carbocycles. The number of rotatable bonds is 3. The maximum absolute atomic E-state index is 12.4. The molecule has 128 valence electrons. The first-order chi connectivity index (χ1) is 11.5. The highest BCUT2D eigenvalue weighted by molar-refractivity contribution is 6.02. The lowest BCUT2D eigenvalue weighted by atomic mass is 10.1. The van der Waals surface area contributed by atoms with Gasteiger partial charge in [-0.2, -0.15) is 0 Å². The van der Waals surface area contributed by atoms with E-state index in [1.165, 1.54) is 4.90 Å². The molecule has 1 saturated heterocycles. The Balaban J connectivity index is 1.71. The average Bonchev–Trinajstić information content (AvgIpc) is 2.75. The molecule has 0 aromatic heterocycles. The molecule has 1 atom stereocenters. The van der Waals surface area contributed by atoms with Crippen molar-refractivity contribution in [1.29, 1.82) is 0 Å². The van der Waals surface area contributed by atoms with Crippen LogP contribution in [0.3, 0.4) is 0 Å². The van der Waals surface area contributed by atoms with Crippen LogP contribution in [0.4, 0.5) is 5.69 Å². The zero-order chi connectivity index (χ0) is 17.1. The van der Waals surface area contributed by atoms with Crippen molar-refractivity contribution in [2.45, 2.75) is 32.2 Å². The first-order valence-corrected chi connectivity index (χ1v) is 8.15. The second-order valence-electron chi connectivity index (χ2n) is 6.15. The number of hydrogen-bond acceptors (Lipinski definition) is 4. The number of nitrogens with one attached hydrogen (secondary N) is 2. The van der Waals surface area contributed by atoms with Gasteiger partial charge in [-0.1, -0.05) is 6.07 Å². The van der Waals surface area contributed by atoms with E-state index in [0.29, 0.717) is 24.4 Å². The Bertz CT molecular complexity index is 674. The van der Waals surface area contributed by atoms with Crippen molar-refractivity contribution in [3.8, 4) is 5.75 Å². The predicted molar refractivity (Wildman–Crippen MR) is 87.8 cm³/mol. The minimum absolute atomic E-state index is 0.0900. The van der Waals surface area contributed by atoms with Gasteiger partial charge in [-0.3, -0.25) is 19.3 Å². The quantitative estimate of drug-likeness (QED) is 0.844. The summed E-state index contributed by atoms with van der Waals surface area (Å²) in [4.78, 5) is 37.8. The minimum atomic E-state index is -0.534. The third-order valence-electron chi connectivity index (χ3n) is 4.23. The number of carbonyl (C=O) groups is 3. The lowest BCUT2D eigenvalue weighted by molar-refractivity contribution is -0.129. The molecule has 2 N–H and O–H groups in total. The van der Waals surface area contributed by atoms with Gasteiger partial charge >= 0.3 is 0 Å². The van der Waals surface area contributed by atoms with Gasteiger partial charge < -0.3 is 15.4 Å². The van der Waals surface area contributed by atoms with Crippen LogP contribution in [0.2, 0.25) is 0 Å². The molecule has 1 fully saturated rings. The fraction of sp³-hybridized carbons (Fsp3) is 0.471. The van der Waals surface area contributed by atoms with Gasteiger partial charge in [0.2, 0.25) is 11.8 Å². The number of ether oxygens (including phenoxy) is 1. The maximum atomic E-state index is 12.4. The van der Waals surface area contributed by atoms with Crippen LogP contribution in [-0.2, 0) is 14.4 Å². The Kier molecular flexibility index (Phi) is 4.69. The molecule has 1 aromatic rings. The summed E-state index contributed by atoms with van der Waals surface area (Å²) in [5.74, 6) is -0.195. The topological polar surface area (TPSA) is 87.7 Å². The molecule has 3 amide bonds. The standard InChI is InChI=1S/C17H21N3O4/c1-11-5-6-14-13(8-11)20(16(22)10-24-14)9-15(21)19-12-4-2-3-7-18-17(12)23/h5-6,8,12H,2-4,7,9-10H2,1H3,(H,18,23)(H,19,21). The average molecular weight is 331 g/mol. The number of hydrogen-bond donors (Lipinski definition) is 2. The van der Waals surface area contributed by atoms with Gasteiger partial charge in [-0.15, -0.1) is 0 Å². The van der Waals surface area contributed by atoms with Gasteiger partial charge in [-0.25, -0.2) is 0 Å². The number of fused-ring (bicyclic) bond motifs is 1. The van der Waals surface area contributed by atoms with Gasteiger partial charge in [-0.05, 0) is 43.9 Å². The van der Waals surface area contributed by atoms with Crippen LogP contribution in [-0.4, -0.2) is 43.5 Å². The van der Waals surface area contributed by atoms with Crippen molar-refractivity contribution in [1.82, 2.24) is 10.6 Å². The third-order valence-corrected chi connectivity index (χ3v) is 4.23. The summed E-state index contributed by atoms with van der Waals surface area (Å²) in [7, 11) is 0. The van der Waals surface area contributed by atoms with Crippen molar-refractivity contribution >= 4 is 23.4 Å². The van der Waals surface area contributed by atoms with E-state index in [2.05, 4.69) is 10.6 Å². The van der Waals surface area contributed by atoms with Crippen LogP contribution >= 0.6 is 0 Å². The zero-order valence-corrected chi connectivity index (χ0v) is 13.6. The van der Waals surface area contributed by atoms with Crippen LogP contribution < -0.4 is 20.3 Å². The number of amides is 3. The van der Waals surface area contributed by atoms with E-state index in [1.807, 2.05) is 19.1 Å². The highest BCUT2D eigenvalue weighted by Crippen LogP contribution is 2.32. The van der Waals surface area contributed by atoms with Crippen LogP contribution in [0.5, 0.6) is 5.75 Å². The Morgan fingerprint density at radius 3 is 3.04 bits per heavy atom. The smallest absolute Gasteiger partial charge is 0.265 e. The number of benzene rings is 1. The lowest BCUT2D eigenvalue weighted by Crippen LogP contribution is -2.50. The maximum Gasteiger partial charge on any atom is 0.265 e. The zero-order valence-electron chi connectivity index (χ0n) is 13.6. The van der Waals surface area contributed by atoms with E-state index < -0.39 is 6.04 Å². The van der Waals surface area contributed by atoms with Crippen molar-refractivity contribution in [3.05, 3.63) is 23.8 Å². The van der Waals surface area contributed by atoms with Crippen molar-refractivity contribution in [2.75, 3.05) is 24.6 Å². The summed E-state index contributed by atoms with van der Waals surface area (Å²) < 4.78 is 5.40. The van der Waals surface area contributed by atoms with Gasteiger partial charge in [0.05, 0.1) is 5.69 Å². The number of anilines is 1. The summed E-state index contributed by atoms with van der Waals surface area (Å²) in [5, 5.41) is 5.52. The SMILES string of the molecule is Cc1ccc2c(c1)N(CC(=O)NC1CCCCNC1=O)C(=O)CO2. The first-order valence-electron chi connectivity index (χ1n) is 8.15. The second kappa shape index (κ2) is 6.90. The van der Waals surface area contributed by atoms with E-state index in [-0.39, 0.29) is 30.9 Å². The first kappa shape index (κ1) is 16.3. The van der Waals surface area contributed by atoms with Gasteiger partial charge in [0, 0.05) is 6.54 Å². The molecule has 3 rings (SSSR count). The van der Waals surface area contributed by atoms with Crippen molar-refractivity contribution < 1.29 is 19.1 Å². The molecule has 1 aromatic carbocycles. The van der Waals surface area contributed by atoms with Crippen LogP contribution in [0.25, 0.3) is 0 Å². The fourth-order valence-corrected chi connectivity index (χ4v) is 2.95. The predicted octanol–water partition coefficient (Wildman–Crippen LogP) is 0.505. The highest BCUT2D eigenvalue weighted by atomic mass is 16.5. The summed E-state index contributed by atoms with van der Waals surface area (Å²) in [5.41, 5.74) is 1.56. The molecule has 0 spiro atoms. The molecule has 0 aliphatic carbocycles. The second-order valence-corrected chi connectivity index (χ2v) is 6.15. The largest absolute Gasteiger partial charge is 0.482 e. The van der Waals surface area contributed by atoms with Gasteiger partial charge in [0.15, 0.2) is 6.61 Å². The molecule has 2 aliphatic heterocycles. The summed E-state index contributed by atoms with van der Waals surface area (Å²) in [6.45, 7) is 2.34. The molecular weight excluding hydrogens is 310 g/mol. The van der Waals surface area contributed by atoms with E-state index in [4.69, 9.17) is 4.74 Å². The lowest BCUT2D eigenvalue weighted by Gasteiger charge is -2.29. The summed E-state index contributed by atoms with van der Waals surface area (Å²) >= 11 is 0. The van der Waals surface area contributed by atoms with Crippen molar-refractivity contribution in [2.24, 2.45) is 0 Å². The number of aryl methyl sites for hydroxylation is 1. The monoisotopic (exact) mass is 331 g/mol. The summed E-state index contributed by atoms with van der Waals surface area (Å²) in [6, 6.07) is 4.97. The number of nitrogens with zero attached hydrogens (tertiary/aromatic N) is 1. The molecule has 24 heavy (non-hydrogen) atoms. The fourth-order valence-electron chi connectivity index (χ4n) is 2.95. The molecule has 0 radical (unpaired) electrons. The van der Waals surface area contributed by atoms with Crippen molar-refractivity contribution in [3.63, 3.8) is 0 Å². The van der Waals surface area contributed by atoms with E-state index >= 15 is 0 Å². The molecule has 0 bridgehead atoms. The molecule has 2 heterocycles.